The third-order valence-corrected chi connectivity index (χ3v) is 3.83. The van der Waals surface area contributed by atoms with Crippen molar-refractivity contribution < 1.29 is 22.8 Å². The van der Waals surface area contributed by atoms with Gasteiger partial charge in [0, 0.05) is 18.7 Å². The molecule has 0 unspecified atom stereocenters. The number of carbonyl (C=O) groups excluding carboxylic acids is 2. The monoisotopic (exact) mass is 328 g/mol. The lowest BCUT2D eigenvalue weighted by Crippen LogP contribution is -2.37. The first-order valence-corrected chi connectivity index (χ1v) is 7.53. The van der Waals surface area contributed by atoms with Crippen LogP contribution in [0.15, 0.2) is 18.2 Å². The summed E-state index contributed by atoms with van der Waals surface area (Å²) >= 11 is 0. The van der Waals surface area contributed by atoms with E-state index in [1.807, 2.05) is 0 Å². The zero-order chi connectivity index (χ0) is 17.0. The molecule has 2 rings (SSSR count). The molecule has 4 nitrogen and oxygen atoms in total. The average Bonchev–Trinajstić information content (AvgIpc) is 2.65. The second-order valence-corrected chi connectivity index (χ2v) is 5.70. The number of aryl methyl sites for hydroxylation is 1. The standard InChI is InChI=1S/C16H19F3N2O2/c1-11-6-7-12(9-13(11)16(17,18)19)20-14(22)10-21-8-4-2-3-5-15(21)23/h6-7,9H,2-5,8,10H2,1H3,(H,20,22). The first kappa shape index (κ1) is 17.3. The van der Waals surface area contributed by atoms with Crippen molar-refractivity contribution in [2.24, 2.45) is 0 Å². The van der Waals surface area contributed by atoms with Gasteiger partial charge in [0.1, 0.15) is 0 Å². The molecule has 1 heterocycles. The van der Waals surface area contributed by atoms with Crippen LogP contribution in [-0.4, -0.2) is 29.8 Å². The highest BCUT2D eigenvalue weighted by atomic mass is 19.4. The Kier molecular flexibility index (Phi) is 5.28. The Morgan fingerprint density at radius 3 is 2.70 bits per heavy atom. The van der Waals surface area contributed by atoms with Crippen molar-refractivity contribution in [3.8, 4) is 0 Å². The molecule has 2 amide bonds. The minimum absolute atomic E-state index is 0.0789. The van der Waals surface area contributed by atoms with E-state index in [1.165, 1.54) is 24.0 Å². The van der Waals surface area contributed by atoms with Gasteiger partial charge < -0.3 is 10.2 Å². The lowest BCUT2D eigenvalue weighted by Gasteiger charge is -2.20. The largest absolute Gasteiger partial charge is 0.416 e. The fourth-order valence-corrected chi connectivity index (χ4v) is 2.58. The molecule has 0 spiro atoms. The molecule has 0 atom stereocenters. The first-order valence-electron chi connectivity index (χ1n) is 7.53. The van der Waals surface area contributed by atoms with Crippen LogP contribution in [0.4, 0.5) is 18.9 Å². The van der Waals surface area contributed by atoms with Gasteiger partial charge in [0.05, 0.1) is 12.1 Å². The minimum Gasteiger partial charge on any atom is -0.333 e. The number of nitrogens with one attached hydrogen (secondary N) is 1. The zero-order valence-corrected chi connectivity index (χ0v) is 12.9. The highest BCUT2D eigenvalue weighted by molar-refractivity contribution is 5.94. The Labute approximate surface area is 132 Å². The molecule has 1 aromatic rings. The summed E-state index contributed by atoms with van der Waals surface area (Å²) < 4.78 is 38.6. The number of rotatable bonds is 3. The van der Waals surface area contributed by atoms with E-state index in [9.17, 15) is 22.8 Å². The summed E-state index contributed by atoms with van der Waals surface area (Å²) in [5.74, 6) is -0.574. The quantitative estimate of drug-likeness (QED) is 0.925. The predicted octanol–water partition coefficient (Wildman–Crippen LogP) is 3.35. The van der Waals surface area contributed by atoms with Crippen molar-refractivity contribution in [1.29, 1.82) is 0 Å². The summed E-state index contributed by atoms with van der Waals surface area (Å²) in [5, 5.41) is 2.44. The number of hydrogen-bond donors (Lipinski definition) is 1. The zero-order valence-electron chi connectivity index (χ0n) is 12.9. The number of likely N-dealkylation sites (tertiary alicyclic amines) is 1. The number of nitrogens with zero attached hydrogens (tertiary/aromatic N) is 1. The molecule has 0 saturated carbocycles. The number of carbonyl (C=O) groups is 2. The molecule has 1 aliphatic rings. The van der Waals surface area contributed by atoms with Gasteiger partial charge in [-0.25, -0.2) is 0 Å². The van der Waals surface area contributed by atoms with Crippen molar-refractivity contribution in [2.75, 3.05) is 18.4 Å². The van der Waals surface area contributed by atoms with Crippen LogP contribution in [0.3, 0.4) is 0 Å². The second kappa shape index (κ2) is 7.02. The molecular formula is C16H19F3N2O2. The van der Waals surface area contributed by atoms with E-state index < -0.39 is 17.6 Å². The number of anilines is 1. The molecule has 0 aromatic heterocycles. The fraction of sp³-hybridized carbons (Fsp3) is 0.500. The molecule has 0 radical (unpaired) electrons. The van der Waals surface area contributed by atoms with Crippen LogP contribution in [0.5, 0.6) is 0 Å². The highest BCUT2D eigenvalue weighted by Gasteiger charge is 2.32. The summed E-state index contributed by atoms with van der Waals surface area (Å²) in [6.45, 7) is 1.74. The molecule has 0 bridgehead atoms. The highest BCUT2D eigenvalue weighted by Crippen LogP contribution is 2.33. The predicted molar refractivity (Wildman–Crippen MR) is 79.9 cm³/mol. The van der Waals surface area contributed by atoms with Crippen molar-refractivity contribution in [3.63, 3.8) is 0 Å². The third-order valence-electron chi connectivity index (χ3n) is 3.83. The first-order chi connectivity index (χ1) is 10.8. The molecule has 1 N–H and O–H groups in total. The van der Waals surface area contributed by atoms with Gasteiger partial charge in [0.25, 0.3) is 0 Å². The smallest absolute Gasteiger partial charge is 0.333 e. The van der Waals surface area contributed by atoms with Crippen LogP contribution in [0.1, 0.15) is 36.8 Å². The van der Waals surface area contributed by atoms with Gasteiger partial charge in [0.15, 0.2) is 0 Å². The van der Waals surface area contributed by atoms with E-state index in [1.54, 1.807) is 0 Å². The molecular weight excluding hydrogens is 309 g/mol. The van der Waals surface area contributed by atoms with Gasteiger partial charge in [-0.05, 0) is 37.5 Å². The molecule has 23 heavy (non-hydrogen) atoms. The van der Waals surface area contributed by atoms with Gasteiger partial charge in [0.2, 0.25) is 11.8 Å². The van der Waals surface area contributed by atoms with Crippen LogP contribution in [-0.2, 0) is 15.8 Å². The van der Waals surface area contributed by atoms with Crippen molar-refractivity contribution >= 4 is 17.5 Å². The molecule has 7 heteroatoms. The van der Waals surface area contributed by atoms with Gasteiger partial charge in [-0.1, -0.05) is 12.5 Å². The van der Waals surface area contributed by atoms with Crippen LogP contribution < -0.4 is 5.32 Å². The van der Waals surface area contributed by atoms with Crippen LogP contribution in [0.2, 0.25) is 0 Å². The molecule has 1 fully saturated rings. The normalized spacial score (nSPS) is 16.2. The van der Waals surface area contributed by atoms with Crippen molar-refractivity contribution in [2.45, 2.75) is 38.8 Å². The van der Waals surface area contributed by atoms with E-state index in [2.05, 4.69) is 5.32 Å². The Morgan fingerprint density at radius 1 is 1.26 bits per heavy atom. The summed E-state index contributed by atoms with van der Waals surface area (Å²) in [6, 6.07) is 3.65. The average molecular weight is 328 g/mol. The van der Waals surface area contributed by atoms with Crippen LogP contribution in [0.25, 0.3) is 0 Å². The van der Waals surface area contributed by atoms with Gasteiger partial charge >= 0.3 is 6.18 Å². The molecule has 1 saturated heterocycles. The number of benzene rings is 1. The summed E-state index contributed by atoms with van der Waals surface area (Å²) in [4.78, 5) is 25.3. The summed E-state index contributed by atoms with van der Waals surface area (Å²) in [7, 11) is 0. The van der Waals surface area contributed by atoms with E-state index in [0.717, 1.165) is 25.3 Å². The number of alkyl halides is 3. The fourth-order valence-electron chi connectivity index (χ4n) is 2.58. The number of hydrogen-bond acceptors (Lipinski definition) is 2. The number of halogens is 3. The third kappa shape index (κ3) is 4.71. The SMILES string of the molecule is Cc1ccc(NC(=O)CN2CCCCCC2=O)cc1C(F)(F)F. The van der Waals surface area contributed by atoms with E-state index in [4.69, 9.17) is 0 Å². The Balaban J connectivity index is 2.04. The van der Waals surface area contributed by atoms with Crippen molar-refractivity contribution in [3.05, 3.63) is 29.3 Å². The lowest BCUT2D eigenvalue weighted by atomic mass is 10.1. The van der Waals surface area contributed by atoms with Crippen LogP contribution in [0, 0.1) is 6.92 Å². The van der Waals surface area contributed by atoms with E-state index >= 15 is 0 Å². The number of amides is 2. The molecule has 1 aromatic carbocycles. The maximum absolute atomic E-state index is 12.9. The molecule has 1 aliphatic heterocycles. The summed E-state index contributed by atoms with van der Waals surface area (Å²) in [6.07, 6.45) is -1.47. The molecule has 0 aliphatic carbocycles. The van der Waals surface area contributed by atoms with Gasteiger partial charge in [-0.15, -0.1) is 0 Å². The van der Waals surface area contributed by atoms with E-state index in [-0.39, 0.29) is 23.7 Å². The summed E-state index contributed by atoms with van der Waals surface area (Å²) in [5.41, 5.74) is -0.602. The Bertz CT molecular complexity index is 599. The van der Waals surface area contributed by atoms with Crippen LogP contribution >= 0.6 is 0 Å². The van der Waals surface area contributed by atoms with E-state index in [0.29, 0.717) is 13.0 Å². The maximum Gasteiger partial charge on any atom is 0.416 e. The van der Waals surface area contributed by atoms with Gasteiger partial charge in [-0.3, -0.25) is 9.59 Å². The maximum atomic E-state index is 12.9. The topological polar surface area (TPSA) is 49.4 Å². The molecule has 126 valence electrons. The lowest BCUT2D eigenvalue weighted by molar-refractivity contribution is -0.138. The van der Waals surface area contributed by atoms with Gasteiger partial charge in [-0.2, -0.15) is 13.2 Å². The minimum atomic E-state index is -4.47. The Hall–Kier alpha value is -2.05. The Morgan fingerprint density at radius 2 is 2.00 bits per heavy atom. The second-order valence-electron chi connectivity index (χ2n) is 5.70. The van der Waals surface area contributed by atoms with Crippen molar-refractivity contribution in [1.82, 2.24) is 4.90 Å².